The molecule has 2 aromatic carbocycles. The predicted octanol–water partition coefficient (Wildman–Crippen LogP) is 4.43. The number of ether oxygens (including phenoxy) is 1. The quantitative estimate of drug-likeness (QED) is 0.339. The minimum Gasteiger partial charge on any atom is -0.450 e. The monoisotopic (exact) mass is 407 g/mol. The van der Waals surface area contributed by atoms with Gasteiger partial charge in [0.05, 0.1) is 5.02 Å². The topological polar surface area (TPSA) is 114 Å². The van der Waals surface area contributed by atoms with E-state index in [1.165, 1.54) is 6.08 Å². The summed E-state index contributed by atoms with van der Waals surface area (Å²) >= 11 is 12.3. The average molecular weight is 408 g/mol. The van der Waals surface area contributed by atoms with E-state index in [1.807, 2.05) is 0 Å². The second kappa shape index (κ2) is 7.77. The van der Waals surface area contributed by atoms with Crippen LogP contribution < -0.4 is 16.4 Å². The molecule has 140 valence electrons. The van der Waals surface area contributed by atoms with Gasteiger partial charge >= 0.3 is 6.16 Å². The molecule has 2 aromatic rings. The van der Waals surface area contributed by atoms with Crippen LogP contribution in [-0.2, 0) is 9.53 Å². The molecule has 1 aliphatic rings. The van der Waals surface area contributed by atoms with Crippen molar-refractivity contribution < 1.29 is 19.4 Å². The summed E-state index contributed by atoms with van der Waals surface area (Å²) in [5.41, 5.74) is 8.34. The van der Waals surface area contributed by atoms with Crippen LogP contribution >= 0.6 is 23.2 Å². The summed E-state index contributed by atoms with van der Waals surface area (Å²) in [5, 5.41) is 15.2. The highest BCUT2D eigenvalue weighted by atomic mass is 35.5. The highest BCUT2D eigenvalue weighted by Gasteiger charge is 2.27. The number of anilines is 3. The van der Waals surface area contributed by atoms with E-state index < -0.39 is 18.3 Å². The first-order valence-electron chi connectivity index (χ1n) is 7.84. The van der Waals surface area contributed by atoms with Crippen molar-refractivity contribution in [3.63, 3.8) is 0 Å². The smallest absolute Gasteiger partial charge is 0.450 e. The van der Waals surface area contributed by atoms with Crippen molar-refractivity contribution in [3.8, 4) is 0 Å². The van der Waals surface area contributed by atoms with Crippen molar-refractivity contribution >= 4 is 57.9 Å². The number of halogens is 2. The summed E-state index contributed by atoms with van der Waals surface area (Å²) in [5.74, 6) is -0.400. The molecular weight excluding hydrogens is 393 g/mol. The number of amides is 1. The molecule has 1 aliphatic heterocycles. The molecule has 1 amide bonds. The number of hydrogen-bond donors (Lipinski definition) is 4. The molecule has 1 unspecified atom stereocenters. The van der Waals surface area contributed by atoms with Crippen molar-refractivity contribution in [2.45, 2.75) is 12.6 Å². The molecule has 0 saturated carbocycles. The van der Waals surface area contributed by atoms with Gasteiger partial charge in [0.1, 0.15) is 0 Å². The third kappa shape index (κ3) is 4.64. The molecule has 5 N–H and O–H groups in total. The lowest BCUT2D eigenvalue weighted by molar-refractivity contribution is -0.111. The fourth-order valence-electron chi connectivity index (χ4n) is 2.77. The fraction of sp³-hybridized carbons (Fsp3) is 0.111. The van der Waals surface area contributed by atoms with E-state index in [-0.39, 0.29) is 6.42 Å². The zero-order valence-corrected chi connectivity index (χ0v) is 15.3. The number of hydrogen-bond acceptors (Lipinski definition) is 5. The van der Waals surface area contributed by atoms with Crippen molar-refractivity contribution in [2.75, 3.05) is 16.4 Å². The SMILES string of the molecule is Nc1ccc(NC(=O)/C=C2\CC(OC(=O)O)Nc3cc(Cl)cc(Cl)c32)cc1. The largest absolute Gasteiger partial charge is 0.507 e. The number of nitrogens with one attached hydrogen (secondary N) is 2. The summed E-state index contributed by atoms with van der Waals surface area (Å²) in [6.45, 7) is 0. The first-order valence-corrected chi connectivity index (χ1v) is 8.60. The molecule has 27 heavy (non-hydrogen) atoms. The lowest BCUT2D eigenvalue weighted by Gasteiger charge is -2.28. The van der Waals surface area contributed by atoms with Crippen LogP contribution in [0, 0.1) is 0 Å². The number of nitrogens with two attached hydrogens (primary N) is 1. The maximum Gasteiger partial charge on any atom is 0.507 e. The summed E-state index contributed by atoms with van der Waals surface area (Å²) in [6, 6.07) is 9.81. The number of nitrogen functional groups attached to an aromatic ring is 1. The van der Waals surface area contributed by atoms with Gasteiger partial charge in [-0.2, -0.15) is 0 Å². The van der Waals surface area contributed by atoms with Gasteiger partial charge in [-0.1, -0.05) is 23.2 Å². The summed E-state index contributed by atoms with van der Waals surface area (Å²) in [4.78, 5) is 23.3. The molecule has 0 saturated heterocycles. The van der Waals surface area contributed by atoms with Crippen LogP contribution in [-0.4, -0.2) is 23.4 Å². The van der Waals surface area contributed by atoms with Gasteiger partial charge in [-0.05, 0) is 42.0 Å². The Kier molecular flexibility index (Phi) is 5.43. The Morgan fingerprint density at radius 1 is 1.26 bits per heavy atom. The Morgan fingerprint density at radius 2 is 1.96 bits per heavy atom. The Morgan fingerprint density at radius 3 is 2.63 bits per heavy atom. The van der Waals surface area contributed by atoms with Crippen molar-refractivity contribution in [1.82, 2.24) is 0 Å². The molecule has 1 atom stereocenters. The molecule has 1 heterocycles. The predicted molar refractivity (Wildman–Crippen MR) is 105 cm³/mol. The average Bonchev–Trinajstić information content (AvgIpc) is 2.55. The normalized spacial score (nSPS) is 17.0. The minimum absolute atomic E-state index is 0.121. The zero-order valence-electron chi connectivity index (χ0n) is 13.8. The second-order valence-electron chi connectivity index (χ2n) is 5.81. The van der Waals surface area contributed by atoms with Crippen LogP contribution in [0.5, 0.6) is 0 Å². The van der Waals surface area contributed by atoms with Crippen molar-refractivity contribution in [3.05, 3.63) is 58.1 Å². The summed E-state index contributed by atoms with van der Waals surface area (Å²) in [6.07, 6.45) is -0.834. The van der Waals surface area contributed by atoms with E-state index >= 15 is 0 Å². The van der Waals surface area contributed by atoms with Gasteiger partial charge in [0.15, 0.2) is 6.23 Å². The number of carbonyl (C=O) groups excluding carboxylic acids is 1. The molecule has 0 aliphatic carbocycles. The van der Waals surface area contributed by atoms with Gasteiger partial charge in [-0.25, -0.2) is 4.79 Å². The first-order chi connectivity index (χ1) is 12.8. The maximum absolute atomic E-state index is 12.4. The van der Waals surface area contributed by atoms with E-state index in [0.717, 1.165) is 0 Å². The highest BCUT2D eigenvalue weighted by molar-refractivity contribution is 6.36. The van der Waals surface area contributed by atoms with E-state index in [0.29, 0.717) is 38.2 Å². The van der Waals surface area contributed by atoms with Crippen LogP contribution in [0.1, 0.15) is 12.0 Å². The summed E-state index contributed by atoms with van der Waals surface area (Å²) in [7, 11) is 0. The number of benzene rings is 2. The molecular formula is C18H15Cl2N3O4. The van der Waals surface area contributed by atoms with E-state index in [4.69, 9.17) is 38.8 Å². The van der Waals surface area contributed by atoms with Gasteiger partial charge in [0.2, 0.25) is 5.91 Å². The second-order valence-corrected chi connectivity index (χ2v) is 6.66. The zero-order chi connectivity index (χ0) is 19.6. The fourth-order valence-corrected chi connectivity index (χ4v) is 3.38. The van der Waals surface area contributed by atoms with Crippen LogP contribution in [0.15, 0.2) is 42.5 Å². The van der Waals surface area contributed by atoms with Gasteiger partial charge in [-0.3, -0.25) is 4.79 Å². The molecule has 0 radical (unpaired) electrons. The minimum atomic E-state index is -1.44. The van der Waals surface area contributed by atoms with Gasteiger partial charge < -0.3 is 26.2 Å². The lowest BCUT2D eigenvalue weighted by Crippen LogP contribution is -2.30. The van der Waals surface area contributed by atoms with Gasteiger partial charge in [-0.15, -0.1) is 0 Å². The third-order valence-electron chi connectivity index (χ3n) is 3.82. The molecule has 0 aromatic heterocycles. The van der Waals surface area contributed by atoms with Crippen molar-refractivity contribution in [1.29, 1.82) is 0 Å². The van der Waals surface area contributed by atoms with E-state index in [2.05, 4.69) is 10.6 Å². The van der Waals surface area contributed by atoms with Crippen LogP contribution in [0.2, 0.25) is 10.0 Å². The highest BCUT2D eigenvalue weighted by Crippen LogP contribution is 2.40. The van der Waals surface area contributed by atoms with Gasteiger partial charge in [0.25, 0.3) is 0 Å². The molecule has 9 heteroatoms. The Labute approximate surface area is 164 Å². The van der Waals surface area contributed by atoms with E-state index in [1.54, 1.807) is 36.4 Å². The number of fused-ring (bicyclic) bond motifs is 1. The third-order valence-corrected chi connectivity index (χ3v) is 4.34. The number of rotatable bonds is 3. The van der Waals surface area contributed by atoms with E-state index in [9.17, 15) is 9.59 Å². The van der Waals surface area contributed by atoms with Crippen LogP contribution in [0.25, 0.3) is 5.57 Å². The number of carbonyl (C=O) groups is 2. The first kappa shape index (κ1) is 18.9. The number of carboxylic acid groups (broad SMARTS) is 1. The molecule has 3 rings (SSSR count). The molecule has 0 spiro atoms. The standard InChI is InChI=1S/C18H15Cl2N3O4/c19-10-7-13(20)17-9(6-16(27-18(25)26)23-14(17)8-10)5-15(24)22-12-3-1-11(21)2-4-12/h1-5,7-8,16,23H,6,21H2,(H,22,24)(H,25,26)/b9-5+. The van der Waals surface area contributed by atoms with Gasteiger partial charge in [0, 0.05) is 40.1 Å². The summed E-state index contributed by atoms with van der Waals surface area (Å²) < 4.78 is 4.80. The Hall–Kier alpha value is -2.90. The van der Waals surface area contributed by atoms with Crippen molar-refractivity contribution in [2.24, 2.45) is 0 Å². The Balaban J connectivity index is 1.92. The molecule has 0 bridgehead atoms. The Bertz CT molecular complexity index is 929. The van der Waals surface area contributed by atoms with Crippen LogP contribution in [0.3, 0.4) is 0 Å². The van der Waals surface area contributed by atoms with Crippen LogP contribution in [0.4, 0.5) is 21.9 Å². The lowest BCUT2D eigenvalue weighted by atomic mass is 9.95. The molecule has 7 nitrogen and oxygen atoms in total. The molecule has 0 fully saturated rings. The maximum atomic E-state index is 12.4.